The van der Waals surface area contributed by atoms with Crippen LogP contribution in [0.1, 0.15) is 35.2 Å². The molecule has 0 aliphatic heterocycles. The Hall–Kier alpha value is -1.25. The van der Waals surface area contributed by atoms with E-state index >= 15 is 0 Å². The van der Waals surface area contributed by atoms with Gasteiger partial charge in [0.15, 0.2) is 5.78 Å². The summed E-state index contributed by atoms with van der Waals surface area (Å²) in [5, 5.41) is 13.1. The van der Waals surface area contributed by atoms with Gasteiger partial charge in [-0.05, 0) is 37.0 Å². The van der Waals surface area contributed by atoms with E-state index in [1.54, 1.807) is 6.07 Å². The molecule has 0 aliphatic carbocycles. The minimum atomic E-state index is -0.216. The van der Waals surface area contributed by atoms with Gasteiger partial charge in [0.1, 0.15) is 28.6 Å². The zero-order chi connectivity index (χ0) is 22.5. The van der Waals surface area contributed by atoms with Crippen molar-refractivity contribution >= 4 is 53.6 Å². The monoisotopic (exact) mass is 620 g/mol. The van der Waals surface area contributed by atoms with Crippen molar-refractivity contribution < 1.29 is 24.1 Å². The first-order valence-corrected chi connectivity index (χ1v) is 13.5. The molecule has 0 fully saturated rings. The fourth-order valence-corrected chi connectivity index (χ4v) is 3.44. The van der Waals surface area contributed by atoms with Crippen LogP contribution in [0.25, 0.3) is 0 Å². The molecular weight excluding hydrogens is 596 g/mol. The number of hydrogen-bond donors (Lipinski definition) is 1. The molecule has 0 amide bonds. The molecule has 170 valence electrons. The third kappa shape index (κ3) is 9.02. The Kier molecular flexibility index (Phi) is 12.4. The molecule has 0 unspecified atom stereocenters. The highest BCUT2D eigenvalue weighted by atomic mass is 79.9. The molecule has 2 aromatic rings. The normalized spacial score (nSPS) is 10.7. The van der Waals surface area contributed by atoms with Crippen LogP contribution in [0.3, 0.4) is 0 Å². The molecule has 2 aromatic carbocycles. The van der Waals surface area contributed by atoms with Crippen LogP contribution in [0.5, 0.6) is 23.0 Å². The lowest BCUT2D eigenvalue weighted by Gasteiger charge is -2.15. The third-order valence-electron chi connectivity index (χ3n) is 4.25. The van der Waals surface area contributed by atoms with Crippen molar-refractivity contribution in [3.8, 4) is 23.0 Å². The first-order valence-electron chi connectivity index (χ1n) is 10.1. The fourth-order valence-electron chi connectivity index (χ4n) is 2.76. The predicted octanol–water partition coefficient (Wildman–Crippen LogP) is 6.31. The second-order valence-corrected chi connectivity index (χ2v) is 9.11. The number of phenolic OH excluding ortho intramolecular Hbond substituents is 1. The Labute approximate surface area is 208 Å². The van der Waals surface area contributed by atoms with Gasteiger partial charge in [-0.2, -0.15) is 0 Å². The Morgan fingerprint density at radius 3 is 1.90 bits per heavy atom. The Bertz CT molecular complexity index is 812. The van der Waals surface area contributed by atoms with Crippen LogP contribution < -0.4 is 14.2 Å². The summed E-state index contributed by atoms with van der Waals surface area (Å²) < 4.78 is 17.1. The number of rotatable bonds is 15. The van der Waals surface area contributed by atoms with Gasteiger partial charge in [0.2, 0.25) is 0 Å². The van der Waals surface area contributed by atoms with Crippen LogP contribution in [0.15, 0.2) is 36.4 Å². The molecule has 8 heteroatoms. The molecule has 1 N–H and O–H groups in total. The summed E-state index contributed by atoms with van der Waals surface area (Å²) >= 11 is 10.1. The van der Waals surface area contributed by atoms with Crippen LogP contribution >= 0.6 is 47.8 Å². The summed E-state index contributed by atoms with van der Waals surface area (Å²) in [7, 11) is 0. The van der Waals surface area contributed by atoms with Gasteiger partial charge in [0, 0.05) is 34.5 Å². The smallest absolute Gasteiger partial charge is 0.174 e. The maximum Gasteiger partial charge on any atom is 0.174 e. The Morgan fingerprint density at radius 1 is 0.774 bits per heavy atom. The first kappa shape index (κ1) is 26.0. The number of ether oxygens (including phenoxy) is 3. The number of carbonyl (C=O) groups is 1. The molecule has 0 heterocycles. The molecule has 0 aliphatic rings. The van der Waals surface area contributed by atoms with Crippen molar-refractivity contribution in [2.75, 3.05) is 35.8 Å². The second kappa shape index (κ2) is 14.7. The number of phenols is 1. The average molecular weight is 623 g/mol. The van der Waals surface area contributed by atoms with Crippen molar-refractivity contribution in [3.63, 3.8) is 0 Å². The van der Waals surface area contributed by atoms with Gasteiger partial charge < -0.3 is 19.3 Å². The topological polar surface area (TPSA) is 65.0 Å². The number of ketones is 1. The summed E-state index contributed by atoms with van der Waals surface area (Å²) in [5.74, 6) is 1.24. The summed E-state index contributed by atoms with van der Waals surface area (Å²) in [4.78, 5) is 13.0. The van der Waals surface area contributed by atoms with Crippen molar-refractivity contribution in [2.24, 2.45) is 0 Å². The number of aromatic hydroxyl groups is 1. The highest BCUT2D eigenvalue weighted by Crippen LogP contribution is 2.35. The minimum Gasteiger partial charge on any atom is -0.507 e. The van der Waals surface area contributed by atoms with Gasteiger partial charge >= 0.3 is 0 Å². The lowest BCUT2D eigenvalue weighted by Crippen LogP contribution is -2.09. The van der Waals surface area contributed by atoms with E-state index in [0.29, 0.717) is 31.3 Å². The molecule has 0 aromatic heterocycles. The number of Topliss-reactive ketones (excluding diaryl/α,β-unsaturated/α-hetero) is 1. The van der Waals surface area contributed by atoms with Crippen molar-refractivity contribution in [3.05, 3.63) is 47.5 Å². The zero-order valence-electron chi connectivity index (χ0n) is 17.2. The molecular formula is C23H27Br3O5. The Morgan fingerprint density at radius 2 is 1.32 bits per heavy atom. The van der Waals surface area contributed by atoms with Gasteiger partial charge in [-0.25, -0.2) is 0 Å². The van der Waals surface area contributed by atoms with Crippen LogP contribution in [0, 0.1) is 0 Å². The molecule has 2 rings (SSSR count). The van der Waals surface area contributed by atoms with Gasteiger partial charge in [0.05, 0.1) is 19.8 Å². The van der Waals surface area contributed by atoms with E-state index in [0.717, 1.165) is 46.6 Å². The van der Waals surface area contributed by atoms with Gasteiger partial charge in [-0.3, -0.25) is 4.79 Å². The maximum absolute atomic E-state index is 13.0. The van der Waals surface area contributed by atoms with E-state index in [1.165, 1.54) is 6.07 Å². The van der Waals surface area contributed by atoms with Gasteiger partial charge in [0.25, 0.3) is 0 Å². The number of halogens is 3. The van der Waals surface area contributed by atoms with Crippen molar-refractivity contribution in [1.29, 1.82) is 0 Å². The maximum atomic E-state index is 13.0. The van der Waals surface area contributed by atoms with Gasteiger partial charge in [-0.1, -0.05) is 59.9 Å². The fraction of sp³-hybridized carbons (Fsp3) is 0.435. The minimum absolute atomic E-state index is 0.134. The standard InChI is InChI=1S/C23H27Br3O5/c24-8-1-11-29-18-6-4-17(5-7-18)14-20(27)23-21(28)15-19(30-12-2-9-25)16-22(23)31-13-3-10-26/h4-7,15-16,28H,1-3,8-14H2. The number of hydrogen-bond acceptors (Lipinski definition) is 5. The van der Waals surface area contributed by atoms with E-state index in [1.807, 2.05) is 24.3 Å². The predicted molar refractivity (Wildman–Crippen MR) is 134 cm³/mol. The number of carbonyl (C=O) groups excluding carboxylic acids is 1. The molecule has 0 saturated heterocycles. The lowest BCUT2D eigenvalue weighted by atomic mass is 10.0. The zero-order valence-corrected chi connectivity index (χ0v) is 22.0. The molecule has 0 saturated carbocycles. The second-order valence-electron chi connectivity index (χ2n) is 6.73. The van der Waals surface area contributed by atoms with E-state index < -0.39 is 0 Å². The van der Waals surface area contributed by atoms with Gasteiger partial charge in [-0.15, -0.1) is 0 Å². The van der Waals surface area contributed by atoms with Crippen LogP contribution in [0.2, 0.25) is 0 Å². The van der Waals surface area contributed by atoms with E-state index in [4.69, 9.17) is 14.2 Å². The number of alkyl halides is 3. The average Bonchev–Trinajstić information content (AvgIpc) is 2.75. The highest BCUT2D eigenvalue weighted by Gasteiger charge is 2.20. The molecule has 0 spiro atoms. The van der Waals surface area contributed by atoms with E-state index in [9.17, 15) is 9.90 Å². The van der Waals surface area contributed by atoms with Crippen molar-refractivity contribution in [2.45, 2.75) is 25.7 Å². The molecule has 31 heavy (non-hydrogen) atoms. The van der Waals surface area contributed by atoms with Crippen LogP contribution in [-0.2, 0) is 6.42 Å². The van der Waals surface area contributed by atoms with E-state index in [2.05, 4.69) is 47.8 Å². The first-order chi connectivity index (χ1) is 15.1. The SMILES string of the molecule is O=C(Cc1ccc(OCCCBr)cc1)c1c(O)cc(OCCCBr)cc1OCCCBr. The summed E-state index contributed by atoms with van der Waals surface area (Å²) in [5.41, 5.74) is 1.02. The molecule has 0 atom stereocenters. The van der Waals surface area contributed by atoms with E-state index in [-0.39, 0.29) is 23.5 Å². The molecule has 5 nitrogen and oxygen atoms in total. The highest BCUT2D eigenvalue weighted by molar-refractivity contribution is 9.09. The lowest BCUT2D eigenvalue weighted by molar-refractivity contribution is 0.0986. The summed E-state index contributed by atoms with van der Waals surface area (Å²) in [6, 6.07) is 10.6. The molecule has 0 radical (unpaired) electrons. The van der Waals surface area contributed by atoms with Crippen molar-refractivity contribution in [1.82, 2.24) is 0 Å². The quantitative estimate of drug-likeness (QED) is 0.143. The summed E-state index contributed by atoms with van der Waals surface area (Å²) in [6.45, 7) is 1.57. The number of benzene rings is 2. The third-order valence-corrected chi connectivity index (χ3v) is 5.93. The largest absolute Gasteiger partial charge is 0.507 e. The van der Waals surface area contributed by atoms with Crippen LogP contribution in [0.4, 0.5) is 0 Å². The van der Waals surface area contributed by atoms with Crippen LogP contribution in [-0.4, -0.2) is 46.7 Å². The molecule has 0 bridgehead atoms. The summed E-state index contributed by atoms with van der Waals surface area (Å²) in [6.07, 6.45) is 2.68. The Balaban J connectivity index is 2.14.